The average Bonchev–Trinajstić information content (AvgIpc) is 2.79. The molecule has 2 aromatic rings. The SMILES string of the molecule is Cc1cc(=O)n2c(n1)NC(N1CCN(c3ncccn3)CC1)=N[C@@H]2[C@@H]1CC=CCC1. The van der Waals surface area contributed by atoms with Crippen molar-refractivity contribution in [2.45, 2.75) is 32.4 Å². The Labute approximate surface area is 175 Å². The molecular formula is C21H26N8O. The van der Waals surface area contributed by atoms with Crippen molar-refractivity contribution in [3.8, 4) is 0 Å². The first kappa shape index (κ1) is 18.8. The molecule has 1 saturated heterocycles. The summed E-state index contributed by atoms with van der Waals surface area (Å²) in [5.41, 5.74) is 0.673. The number of nitrogens with zero attached hydrogens (tertiary/aromatic N) is 7. The van der Waals surface area contributed by atoms with Gasteiger partial charge in [-0.15, -0.1) is 0 Å². The number of anilines is 2. The Bertz CT molecular complexity index is 1020. The van der Waals surface area contributed by atoms with Crippen LogP contribution in [0.5, 0.6) is 0 Å². The van der Waals surface area contributed by atoms with Gasteiger partial charge in [0.25, 0.3) is 5.56 Å². The number of guanidine groups is 1. The van der Waals surface area contributed by atoms with E-state index in [0.29, 0.717) is 17.6 Å². The molecule has 0 amide bonds. The highest BCUT2D eigenvalue weighted by Crippen LogP contribution is 2.34. The molecule has 0 spiro atoms. The summed E-state index contributed by atoms with van der Waals surface area (Å²) in [6.07, 6.45) is 10.7. The van der Waals surface area contributed by atoms with Crippen molar-refractivity contribution in [2.24, 2.45) is 10.9 Å². The Kier molecular flexibility index (Phi) is 4.94. The van der Waals surface area contributed by atoms with Gasteiger partial charge in [0.15, 0.2) is 0 Å². The number of hydrogen-bond acceptors (Lipinski definition) is 8. The molecule has 5 rings (SSSR count). The summed E-state index contributed by atoms with van der Waals surface area (Å²) in [7, 11) is 0. The molecule has 2 aliphatic heterocycles. The normalized spacial score (nSPS) is 23.6. The average molecular weight is 406 g/mol. The molecule has 1 aliphatic carbocycles. The van der Waals surface area contributed by atoms with E-state index in [1.165, 1.54) is 0 Å². The Hall–Kier alpha value is -3.23. The number of aromatic nitrogens is 4. The van der Waals surface area contributed by atoms with Crippen molar-refractivity contribution >= 4 is 17.9 Å². The molecule has 1 N–H and O–H groups in total. The van der Waals surface area contributed by atoms with Crippen molar-refractivity contribution in [3.05, 3.63) is 52.7 Å². The van der Waals surface area contributed by atoms with Gasteiger partial charge in [-0.05, 0) is 32.3 Å². The number of rotatable bonds is 2. The lowest BCUT2D eigenvalue weighted by atomic mass is 9.91. The lowest BCUT2D eigenvalue weighted by Crippen LogP contribution is -2.53. The highest BCUT2D eigenvalue weighted by Gasteiger charge is 2.33. The van der Waals surface area contributed by atoms with Crippen LogP contribution in [0.1, 0.15) is 31.1 Å². The summed E-state index contributed by atoms with van der Waals surface area (Å²) in [6, 6.07) is 3.42. The minimum Gasteiger partial charge on any atom is -0.339 e. The number of hydrogen-bond donors (Lipinski definition) is 1. The van der Waals surface area contributed by atoms with Crippen LogP contribution in [-0.2, 0) is 0 Å². The van der Waals surface area contributed by atoms with E-state index in [0.717, 1.165) is 57.3 Å². The molecule has 3 aliphatic rings. The molecule has 156 valence electrons. The highest BCUT2D eigenvalue weighted by molar-refractivity contribution is 5.93. The lowest BCUT2D eigenvalue weighted by Gasteiger charge is -2.39. The van der Waals surface area contributed by atoms with E-state index in [1.807, 2.05) is 13.0 Å². The maximum Gasteiger partial charge on any atom is 0.256 e. The Balaban J connectivity index is 1.40. The maximum absolute atomic E-state index is 12.8. The fraction of sp³-hybridized carbons (Fsp3) is 0.476. The van der Waals surface area contributed by atoms with E-state index >= 15 is 0 Å². The molecular weight excluding hydrogens is 380 g/mol. The number of fused-ring (bicyclic) bond motifs is 1. The van der Waals surface area contributed by atoms with Gasteiger partial charge in [-0.3, -0.25) is 14.7 Å². The fourth-order valence-corrected chi connectivity index (χ4v) is 4.40. The standard InChI is InChI=1S/C21H26N8O/c1-15-14-17(30)29-18(16-6-3-2-4-7-16)25-20(26-21(29)24-15)28-12-10-27(11-13-28)19-22-8-5-9-23-19/h2-3,5,8-9,14,16,18H,4,6-7,10-13H2,1H3,(H,24,25,26)/t16-,18+/m1/s1. The van der Waals surface area contributed by atoms with Gasteiger partial charge in [0.1, 0.15) is 6.17 Å². The molecule has 1 fully saturated rings. The van der Waals surface area contributed by atoms with Crippen LogP contribution in [0.15, 0.2) is 46.5 Å². The first-order chi connectivity index (χ1) is 14.7. The first-order valence-electron chi connectivity index (χ1n) is 10.6. The van der Waals surface area contributed by atoms with Crippen molar-refractivity contribution in [3.63, 3.8) is 0 Å². The third kappa shape index (κ3) is 3.55. The second-order valence-corrected chi connectivity index (χ2v) is 7.99. The molecule has 0 aromatic carbocycles. The van der Waals surface area contributed by atoms with E-state index in [-0.39, 0.29) is 11.7 Å². The van der Waals surface area contributed by atoms with E-state index in [1.54, 1.807) is 23.0 Å². The zero-order chi connectivity index (χ0) is 20.5. The third-order valence-corrected chi connectivity index (χ3v) is 5.97. The van der Waals surface area contributed by atoms with Gasteiger partial charge in [-0.2, -0.15) is 0 Å². The second-order valence-electron chi connectivity index (χ2n) is 7.99. The van der Waals surface area contributed by atoms with Gasteiger partial charge in [0.2, 0.25) is 17.9 Å². The Morgan fingerprint density at radius 3 is 2.57 bits per heavy atom. The number of aryl methyl sites for hydroxylation is 1. The van der Waals surface area contributed by atoms with Gasteiger partial charge in [-0.25, -0.2) is 19.9 Å². The van der Waals surface area contributed by atoms with Crippen LogP contribution in [0.4, 0.5) is 11.9 Å². The van der Waals surface area contributed by atoms with Crippen molar-refractivity contribution in [1.29, 1.82) is 0 Å². The van der Waals surface area contributed by atoms with Crippen LogP contribution in [0, 0.1) is 12.8 Å². The number of nitrogens with one attached hydrogen (secondary N) is 1. The molecule has 0 unspecified atom stereocenters. The summed E-state index contributed by atoms with van der Waals surface area (Å²) in [6.45, 7) is 5.09. The van der Waals surface area contributed by atoms with Crippen LogP contribution in [-0.4, -0.2) is 56.6 Å². The molecule has 0 bridgehead atoms. The van der Waals surface area contributed by atoms with Gasteiger partial charge in [-0.1, -0.05) is 12.2 Å². The smallest absolute Gasteiger partial charge is 0.256 e. The topological polar surface area (TPSA) is 91.5 Å². The molecule has 9 heteroatoms. The highest BCUT2D eigenvalue weighted by atomic mass is 16.1. The Morgan fingerprint density at radius 1 is 1.07 bits per heavy atom. The number of allylic oxidation sites excluding steroid dienone is 2. The van der Waals surface area contributed by atoms with Gasteiger partial charge >= 0.3 is 0 Å². The summed E-state index contributed by atoms with van der Waals surface area (Å²) in [5.74, 6) is 2.46. The predicted molar refractivity (Wildman–Crippen MR) is 116 cm³/mol. The van der Waals surface area contributed by atoms with Crippen molar-refractivity contribution < 1.29 is 0 Å². The fourth-order valence-electron chi connectivity index (χ4n) is 4.40. The quantitative estimate of drug-likeness (QED) is 0.761. The minimum absolute atomic E-state index is 0.0431. The van der Waals surface area contributed by atoms with E-state index in [4.69, 9.17) is 4.99 Å². The molecule has 30 heavy (non-hydrogen) atoms. The summed E-state index contributed by atoms with van der Waals surface area (Å²) in [4.78, 5) is 35.6. The second kappa shape index (κ2) is 7.89. The van der Waals surface area contributed by atoms with Crippen LogP contribution in [0.25, 0.3) is 0 Å². The molecule has 0 saturated carbocycles. The number of aliphatic imine (C=N–C) groups is 1. The van der Waals surface area contributed by atoms with Crippen molar-refractivity contribution in [1.82, 2.24) is 24.4 Å². The zero-order valence-corrected chi connectivity index (χ0v) is 17.1. The van der Waals surface area contributed by atoms with E-state index in [9.17, 15) is 4.79 Å². The summed E-state index contributed by atoms with van der Waals surface area (Å²) >= 11 is 0. The van der Waals surface area contributed by atoms with Gasteiger partial charge in [0, 0.05) is 56.3 Å². The third-order valence-electron chi connectivity index (χ3n) is 5.97. The molecule has 2 aromatic heterocycles. The lowest BCUT2D eigenvalue weighted by molar-refractivity contribution is 0.296. The van der Waals surface area contributed by atoms with Crippen LogP contribution >= 0.6 is 0 Å². The van der Waals surface area contributed by atoms with Crippen molar-refractivity contribution in [2.75, 3.05) is 36.4 Å². The van der Waals surface area contributed by atoms with Gasteiger partial charge in [0.05, 0.1) is 0 Å². The molecule has 0 radical (unpaired) electrons. The molecule has 9 nitrogen and oxygen atoms in total. The largest absolute Gasteiger partial charge is 0.339 e. The Morgan fingerprint density at radius 2 is 1.83 bits per heavy atom. The predicted octanol–water partition coefficient (Wildman–Crippen LogP) is 1.80. The van der Waals surface area contributed by atoms with Crippen LogP contribution in [0.3, 0.4) is 0 Å². The number of piperazine rings is 1. The minimum atomic E-state index is -0.225. The monoisotopic (exact) mass is 406 g/mol. The molecule has 2 atom stereocenters. The maximum atomic E-state index is 12.8. The van der Waals surface area contributed by atoms with E-state index in [2.05, 4.69) is 42.2 Å². The molecule has 4 heterocycles. The summed E-state index contributed by atoms with van der Waals surface area (Å²) in [5, 5.41) is 3.33. The van der Waals surface area contributed by atoms with Crippen LogP contribution < -0.4 is 15.8 Å². The zero-order valence-electron chi connectivity index (χ0n) is 17.1. The van der Waals surface area contributed by atoms with Crippen LogP contribution in [0.2, 0.25) is 0 Å². The first-order valence-corrected chi connectivity index (χ1v) is 10.6. The van der Waals surface area contributed by atoms with Gasteiger partial charge < -0.3 is 9.80 Å². The van der Waals surface area contributed by atoms with E-state index < -0.39 is 0 Å². The summed E-state index contributed by atoms with van der Waals surface area (Å²) < 4.78 is 1.73.